The monoisotopic (exact) mass is 143 g/mol. The van der Waals surface area contributed by atoms with Gasteiger partial charge in [-0.3, -0.25) is 4.79 Å². The standard InChI is InChI=1S/C4H5N3O3/c1-9-4-2(3(5)8)6-10-7-4/h1H3,(H2,5,8). The van der Waals surface area contributed by atoms with E-state index in [1.165, 1.54) is 7.11 Å². The molecule has 2 N–H and O–H groups in total. The lowest BCUT2D eigenvalue weighted by Gasteiger charge is -1.89. The van der Waals surface area contributed by atoms with E-state index in [-0.39, 0.29) is 11.6 Å². The molecule has 0 spiro atoms. The maximum absolute atomic E-state index is 10.4. The Labute approximate surface area is 55.9 Å². The third-order valence-corrected chi connectivity index (χ3v) is 0.885. The van der Waals surface area contributed by atoms with Crippen molar-refractivity contribution in [1.29, 1.82) is 0 Å². The maximum atomic E-state index is 10.4. The molecule has 0 aliphatic rings. The Morgan fingerprint density at radius 3 is 2.80 bits per heavy atom. The minimum atomic E-state index is -0.724. The fourth-order valence-corrected chi connectivity index (χ4v) is 0.465. The summed E-state index contributed by atoms with van der Waals surface area (Å²) in [5.74, 6) is -0.717. The van der Waals surface area contributed by atoms with Crippen LogP contribution in [0.25, 0.3) is 0 Å². The summed E-state index contributed by atoms with van der Waals surface area (Å²) < 4.78 is 8.75. The van der Waals surface area contributed by atoms with E-state index in [2.05, 4.69) is 19.7 Å². The van der Waals surface area contributed by atoms with Crippen molar-refractivity contribution in [3.8, 4) is 5.88 Å². The molecule has 0 aliphatic heterocycles. The summed E-state index contributed by atoms with van der Waals surface area (Å²) >= 11 is 0. The van der Waals surface area contributed by atoms with E-state index >= 15 is 0 Å². The van der Waals surface area contributed by atoms with Gasteiger partial charge in [0, 0.05) is 0 Å². The van der Waals surface area contributed by atoms with Gasteiger partial charge in [-0.1, -0.05) is 0 Å². The molecule has 6 heteroatoms. The lowest BCUT2D eigenvalue weighted by molar-refractivity contribution is 0.0989. The number of aromatic nitrogens is 2. The number of carbonyl (C=O) groups excluding carboxylic acids is 1. The topological polar surface area (TPSA) is 91.2 Å². The van der Waals surface area contributed by atoms with Crippen molar-refractivity contribution in [1.82, 2.24) is 10.3 Å². The van der Waals surface area contributed by atoms with E-state index < -0.39 is 5.91 Å². The molecular formula is C4H5N3O3. The van der Waals surface area contributed by atoms with Gasteiger partial charge in [0.1, 0.15) is 0 Å². The van der Waals surface area contributed by atoms with Crippen molar-refractivity contribution in [3.63, 3.8) is 0 Å². The van der Waals surface area contributed by atoms with Crippen LogP contribution < -0.4 is 10.5 Å². The number of rotatable bonds is 2. The van der Waals surface area contributed by atoms with Crippen molar-refractivity contribution < 1.29 is 14.2 Å². The first-order valence-electron chi connectivity index (χ1n) is 2.42. The first-order valence-corrected chi connectivity index (χ1v) is 2.42. The van der Waals surface area contributed by atoms with E-state index in [0.717, 1.165) is 0 Å². The number of ether oxygens (including phenoxy) is 1. The Kier molecular flexibility index (Phi) is 1.53. The molecule has 0 aromatic carbocycles. The van der Waals surface area contributed by atoms with Crippen molar-refractivity contribution >= 4 is 5.91 Å². The van der Waals surface area contributed by atoms with Crippen molar-refractivity contribution in [2.45, 2.75) is 0 Å². The van der Waals surface area contributed by atoms with Gasteiger partial charge < -0.3 is 10.5 Å². The molecule has 1 heterocycles. The smallest absolute Gasteiger partial charge is 0.288 e. The van der Waals surface area contributed by atoms with Crippen molar-refractivity contribution in [2.75, 3.05) is 7.11 Å². The Hall–Kier alpha value is -1.59. The van der Waals surface area contributed by atoms with Crippen LogP contribution in [0.4, 0.5) is 0 Å². The largest absolute Gasteiger partial charge is 0.477 e. The van der Waals surface area contributed by atoms with Crippen LogP contribution in [0.2, 0.25) is 0 Å². The highest BCUT2D eigenvalue weighted by Gasteiger charge is 2.14. The number of hydrogen-bond acceptors (Lipinski definition) is 5. The quantitative estimate of drug-likeness (QED) is 0.583. The summed E-state index contributed by atoms with van der Waals surface area (Å²) in [6.07, 6.45) is 0. The van der Waals surface area contributed by atoms with E-state index in [1.54, 1.807) is 0 Å². The van der Waals surface area contributed by atoms with Crippen LogP contribution in [0.3, 0.4) is 0 Å². The van der Waals surface area contributed by atoms with Gasteiger partial charge in [-0.25, -0.2) is 4.63 Å². The van der Waals surface area contributed by atoms with Crippen molar-refractivity contribution in [3.05, 3.63) is 5.69 Å². The van der Waals surface area contributed by atoms with Gasteiger partial charge in [-0.2, -0.15) is 0 Å². The highest BCUT2D eigenvalue weighted by Crippen LogP contribution is 2.09. The molecule has 10 heavy (non-hydrogen) atoms. The van der Waals surface area contributed by atoms with Crippen LogP contribution in [0, 0.1) is 0 Å². The number of nitrogens with two attached hydrogens (primary N) is 1. The molecule has 6 nitrogen and oxygen atoms in total. The van der Waals surface area contributed by atoms with E-state index in [9.17, 15) is 4.79 Å². The first kappa shape index (κ1) is 6.53. The van der Waals surface area contributed by atoms with Gasteiger partial charge in [-0.15, -0.1) is 0 Å². The van der Waals surface area contributed by atoms with Crippen LogP contribution in [-0.4, -0.2) is 23.3 Å². The van der Waals surface area contributed by atoms with Crippen LogP contribution >= 0.6 is 0 Å². The molecule has 0 fully saturated rings. The first-order chi connectivity index (χ1) is 4.75. The number of amides is 1. The van der Waals surface area contributed by atoms with Crippen LogP contribution in [0.1, 0.15) is 10.5 Å². The molecule has 0 aliphatic carbocycles. The highest BCUT2D eigenvalue weighted by molar-refractivity contribution is 5.92. The number of primary amides is 1. The molecule has 1 amide bonds. The molecule has 0 radical (unpaired) electrons. The third-order valence-electron chi connectivity index (χ3n) is 0.885. The lowest BCUT2D eigenvalue weighted by atomic mass is 10.4. The summed E-state index contributed by atoms with van der Waals surface area (Å²) in [6, 6.07) is 0. The number of hydrogen-bond donors (Lipinski definition) is 1. The minimum absolute atomic E-state index is 0.00694. The Balaban J connectivity index is 3.01. The fraction of sp³-hybridized carbons (Fsp3) is 0.250. The predicted octanol–water partition coefficient (Wildman–Crippen LogP) is -0.823. The fourth-order valence-electron chi connectivity index (χ4n) is 0.465. The molecule has 1 aromatic rings. The Morgan fingerprint density at radius 1 is 1.70 bits per heavy atom. The average molecular weight is 143 g/mol. The molecule has 0 unspecified atom stereocenters. The Bertz CT molecular complexity index is 244. The molecule has 1 rings (SSSR count). The summed E-state index contributed by atoms with van der Waals surface area (Å²) in [7, 11) is 1.34. The number of carbonyl (C=O) groups is 1. The molecule has 1 aromatic heterocycles. The number of nitrogens with zero attached hydrogens (tertiary/aromatic N) is 2. The molecule has 0 atom stereocenters. The predicted molar refractivity (Wildman–Crippen MR) is 29.4 cm³/mol. The molecule has 54 valence electrons. The van der Waals surface area contributed by atoms with Crippen LogP contribution in [0.15, 0.2) is 4.63 Å². The maximum Gasteiger partial charge on any atom is 0.288 e. The summed E-state index contributed by atoms with van der Waals surface area (Å²) in [6.45, 7) is 0. The average Bonchev–Trinajstić information content (AvgIpc) is 2.33. The van der Waals surface area contributed by atoms with Crippen LogP contribution in [-0.2, 0) is 0 Å². The van der Waals surface area contributed by atoms with Gasteiger partial charge >= 0.3 is 0 Å². The van der Waals surface area contributed by atoms with Crippen LogP contribution in [0.5, 0.6) is 5.88 Å². The Morgan fingerprint density at radius 2 is 2.40 bits per heavy atom. The lowest BCUT2D eigenvalue weighted by Crippen LogP contribution is -2.12. The molecule has 0 saturated heterocycles. The normalized spacial score (nSPS) is 9.30. The van der Waals surface area contributed by atoms with Gasteiger partial charge in [-0.05, 0) is 10.3 Å². The van der Waals surface area contributed by atoms with Gasteiger partial charge in [0.2, 0.25) is 5.69 Å². The summed E-state index contributed by atoms with van der Waals surface area (Å²) in [5, 5.41) is 6.45. The van der Waals surface area contributed by atoms with E-state index in [4.69, 9.17) is 5.73 Å². The van der Waals surface area contributed by atoms with E-state index in [1.807, 2.05) is 0 Å². The summed E-state index contributed by atoms with van der Waals surface area (Å²) in [5.41, 5.74) is 4.76. The van der Waals surface area contributed by atoms with Gasteiger partial charge in [0.25, 0.3) is 11.8 Å². The van der Waals surface area contributed by atoms with Gasteiger partial charge in [0.15, 0.2) is 0 Å². The molecular weight excluding hydrogens is 138 g/mol. The molecule has 0 saturated carbocycles. The zero-order valence-electron chi connectivity index (χ0n) is 5.20. The number of methoxy groups -OCH3 is 1. The highest BCUT2D eigenvalue weighted by atomic mass is 16.6. The summed E-state index contributed by atoms with van der Waals surface area (Å²) in [4.78, 5) is 10.4. The second-order valence-corrected chi connectivity index (χ2v) is 1.49. The zero-order valence-corrected chi connectivity index (χ0v) is 5.20. The van der Waals surface area contributed by atoms with Gasteiger partial charge in [0.05, 0.1) is 7.11 Å². The SMILES string of the molecule is COc1nonc1C(N)=O. The molecule has 0 bridgehead atoms. The van der Waals surface area contributed by atoms with Crippen molar-refractivity contribution in [2.24, 2.45) is 5.73 Å². The zero-order chi connectivity index (χ0) is 7.56. The third kappa shape index (κ3) is 0.903. The second kappa shape index (κ2) is 2.34. The minimum Gasteiger partial charge on any atom is -0.477 e. The van der Waals surface area contributed by atoms with E-state index in [0.29, 0.717) is 0 Å². The second-order valence-electron chi connectivity index (χ2n) is 1.49.